The SMILES string of the molecule is Cc1cc(Cl)cc(Cl)c1OCC(C)O. The van der Waals surface area contributed by atoms with Crippen molar-refractivity contribution in [2.24, 2.45) is 0 Å². The van der Waals surface area contributed by atoms with Gasteiger partial charge < -0.3 is 9.84 Å². The molecule has 1 aromatic rings. The van der Waals surface area contributed by atoms with E-state index < -0.39 is 6.10 Å². The third kappa shape index (κ3) is 3.05. The first-order valence-corrected chi connectivity index (χ1v) is 5.03. The molecule has 0 spiro atoms. The van der Waals surface area contributed by atoms with Gasteiger partial charge in [0.25, 0.3) is 0 Å². The van der Waals surface area contributed by atoms with Crippen LogP contribution in [-0.2, 0) is 0 Å². The van der Waals surface area contributed by atoms with Crippen molar-refractivity contribution >= 4 is 23.2 Å². The van der Waals surface area contributed by atoms with Crippen molar-refractivity contribution in [3.63, 3.8) is 0 Å². The van der Waals surface area contributed by atoms with Crippen LogP contribution in [-0.4, -0.2) is 17.8 Å². The van der Waals surface area contributed by atoms with Crippen LogP contribution in [0.4, 0.5) is 0 Å². The largest absolute Gasteiger partial charge is 0.489 e. The van der Waals surface area contributed by atoms with Gasteiger partial charge in [0.1, 0.15) is 12.4 Å². The van der Waals surface area contributed by atoms with E-state index in [0.29, 0.717) is 15.8 Å². The molecule has 1 rings (SSSR count). The fourth-order valence-corrected chi connectivity index (χ4v) is 1.73. The predicted octanol–water partition coefficient (Wildman–Crippen LogP) is 3.06. The molecule has 0 aliphatic carbocycles. The Labute approximate surface area is 93.4 Å². The van der Waals surface area contributed by atoms with Gasteiger partial charge in [-0.25, -0.2) is 0 Å². The van der Waals surface area contributed by atoms with E-state index in [1.807, 2.05) is 6.92 Å². The van der Waals surface area contributed by atoms with Crippen LogP contribution in [0.25, 0.3) is 0 Å². The molecule has 78 valence electrons. The van der Waals surface area contributed by atoms with Crippen LogP contribution in [0.1, 0.15) is 12.5 Å². The summed E-state index contributed by atoms with van der Waals surface area (Å²) in [5.41, 5.74) is 0.864. The standard InChI is InChI=1S/C10H12Cl2O2/c1-6-3-8(11)4-9(12)10(6)14-5-7(2)13/h3-4,7,13H,5H2,1-2H3. The van der Waals surface area contributed by atoms with E-state index in [4.69, 9.17) is 33.0 Å². The summed E-state index contributed by atoms with van der Waals surface area (Å²) < 4.78 is 5.34. The van der Waals surface area contributed by atoms with Crippen LogP contribution in [0.5, 0.6) is 5.75 Å². The minimum absolute atomic E-state index is 0.224. The number of hydrogen-bond donors (Lipinski definition) is 1. The molecule has 14 heavy (non-hydrogen) atoms. The third-order valence-electron chi connectivity index (χ3n) is 1.66. The fourth-order valence-electron chi connectivity index (χ4n) is 1.08. The number of halogens is 2. The molecule has 1 aromatic carbocycles. The van der Waals surface area contributed by atoms with Gasteiger partial charge in [-0.15, -0.1) is 0 Å². The molecule has 1 atom stereocenters. The predicted molar refractivity (Wildman–Crippen MR) is 58.4 cm³/mol. The lowest BCUT2D eigenvalue weighted by Crippen LogP contribution is -2.13. The number of rotatable bonds is 3. The van der Waals surface area contributed by atoms with Crippen molar-refractivity contribution in [3.05, 3.63) is 27.7 Å². The van der Waals surface area contributed by atoms with Crippen molar-refractivity contribution in [3.8, 4) is 5.75 Å². The number of benzene rings is 1. The van der Waals surface area contributed by atoms with Crippen molar-refractivity contribution < 1.29 is 9.84 Å². The van der Waals surface area contributed by atoms with E-state index >= 15 is 0 Å². The lowest BCUT2D eigenvalue weighted by Gasteiger charge is -2.12. The van der Waals surface area contributed by atoms with Gasteiger partial charge in [-0.1, -0.05) is 23.2 Å². The topological polar surface area (TPSA) is 29.5 Å². The van der Waals surface area contributed by atoms with Gasteiger partial charge in [0.15, 0.2) is 0 Å². The molecule has 1 unspecified atom stereocenters. The maximum Gasteiger partial charge on any atom is 0.141 e. The van der Waals surface area contributed by atoms with Crippen LogP contribution in [0.15, 0.2) is 12.1 Å². The van der Waals surface area contributed by atoms with Gasteiger partial charge in [-0.3, -0.25) is 0 Å². The molecule has 2 nitrogen and oxygen atoms in total. The van der Waals surface area contributed by atoms with Gasteiger partial charge in [0.05, 0.1) is 11.1 Å². The number of aliphatic hydroxyl groups is 1. The van der Waals surface area contributed by atoms with Crippen molar-refractivity contribution in [1.29, 1.82) is 0 Å². The summed E-state index contributed by atoms with van der Waals surface area (Å²) >= 11 is 11.7. The van der Waals surface area contributed by atoms with Gasteiger partial charge >= 0.3 is 0 Å². The lowest BCUT2D eigenvalue weighted by molar-refractivity contribution is 0.122. The lowest BCUT2D eigenvalue weighted by atomic mass is 10.2. The first-order valence-electron chi connectivity index (χ1n) is 4.27. The molecule has 0 aliphatic heterocycles. The molecular weight excluding hydrogens is 223 g/mol. The minimum Gasteiger partial charge on any atom is -0.489 e. The minimum atomic E-state index is -0.513. The normalized spacial score (nSPS) is 12.6. The Hall–Kier alpha value is -0.440. The first kappa shape index (κ1) is 11.6. The molecular formula is C10H12Cl2O2. The Morgan fingerprint density at radius 1 is 1.43 bits per heavy atom. The summed E-state index contributed by atoms with van der Waals surface area (Å²) in [7, 11) is 0. The van der Waals surface area contributed by atoms with E-state index in [0.717, 1.165) is 5.56 Å². The first-order chi connectivity index (χ1) is 6.50. The zero-order valence-electron chi connectivity index (χ0n) is 8.05. The Kier molecular flexibility index (Phi) is 4.05. The number of aryl methyl sites for hydroxylation is 1. The summed E-state index contributed by atoms with van der Waals surface area (Å²) in [6.45, 7) is 3.73. The van der Waals surface area contributed by atoms with E-state index in [1.54, 1.807) is 19.1 Å². The van der Waals surface area contributed by atoms with Crippen molar-refractivity contribution in [2.75, 3.05) is 6.61 Å². The number of hydrogen-bond acceptors (Lipinski definition) is 2. The molecule has 0 aromatic heterocycles. The van der Waals surface area contributed by atoms with Crippen LogP contribution in [0.3, 0.4) is 0 Å². The summed E-state index contributed by atoms with van der Waals surface area (Å²) in [6.07, 6.45) is -0.513. The van der Waals surface area contributed by atoms with Gasteiger partial charge in [0, 0.05) is 5.02 Å². The van der Waals surface area contributed by atoms with Gasteiger partial charge in [-0.2, -0.15) is 0 Å². The molecule has 1 N–H and O–H groups in total. The zero-order valence-corrected chi connectivity index (χ0v) is 9.56. The second kappa shape index (κ2) is 4.87. The quantitative estimate of drug-likeness (QED) is 0.872. The summed E-state index contributed by atoms with van der Waals surface area (Å²) in [6, 6.07) is 3.39. The molecule has 0 heterocycles. The zero-order chi connectivity index (χ0) is 10.7. The second-order valence-corrected chi connectivity index (χ2v) is 4.04. The highest BCUT2D eigenvalue weighted by molar-refractivity contribution is 6.35. The molecule has 0 radical (unpaired) electrons. The van der Waals surface area contributed by atoms with E-state index in [1.165, 1.54) is 0 Å². The van der Waals surface area contributed by atoms with Gasteiger partial charge in [-0.05, 0) is 31.5 Å². The Balaban J connectivity index is 2.86. The Morgan fingerprint density at radius 3 is 2.57 bits per heavy atom. The Bertz CT molecular complexity index is 301. The van der Waals surface area contributed by atoms with Crippen molar-refractivity contribution in [2.45, 2.75) is 20.0 Å². The highest BCUT2D eigenvalue weighted by Crippen LogP contribution is 2.31. The second-order valence-electron chi connectivity index (χ2n) is 3.19. The Morgan fingerprint density at radius 2 is 2.07 bits per heavy atom. The van der Waals surface area contributed by atoms with Gasteiger partial charge in [0.2, 0.25) is 0 Å². The monoisotopic (exact) mass is 234 g/mol. The molecule has 0 aliphatic rings. The molecule has 0 saturated carbocycles. The van der Waals surface area contributed by atoms with Crippen LogP contribution in [0, 0.1) is 6.92 Å². The van der Waals surface area contributed by atoms with Crippen LogP contribution in [0.2, 0.25) is 10.0 Å². The summed E-state index contributed by atoms with van der Waals surface area (Å²) in [5.74, 6) is 0.581. The third-order valence-corrected chi connectivity index (χ3v) is 2.16. The van der Waals surface area contributed by atoms with E-state index in [-0.39, 0.29) is 6.61 Å². The average molecular weight is 235 g/mol. The van der Waals surface area contributed by atoms with Crippen LogP contribution >= 0.6 is 23.2 Å². The maximum atomic E-state index is 9.06. The number of ether oxygens (including phenoxy) is 1. The molecule has 4 heteroatoms. The molecule has 0 bridgehead atoms. The summed E-state index contributed by atoms with van der Waals surface area (Å²) in [5, 5.41) is 10.1. The average Bonchev–Trinajstić information content (AvgIpc) is 2.01. The molecule has 0 saturated heterocycles. The van der Waals surface area contributed by atoms with Crippen LogP contribution < -0.4 is 4.74 Å². The molecule has 0 fully saturated rings. The van der Waals surface area contributed by atoms with Crippen molar-refractivity contribution in [1.82, 2.24) is 0 Å². The molecule has 0 amide bonds. The van der Waals surface area contributed by atoms with E-state index in [9.17, 15) is 0 Å². The fraction of sp³-hybridized carbons (Fsp3) is 0.400. The summed E-state index contributed by atoms with van der Waals surface area (Å²) in [4.78, 5) is 0. The maximum absolute atomic E-state index is 9.06. The smallest absolute Gasteiger partial charge is 0.141 e. The highest BCUT2D eigenvalue weighted by atomic mass is 35.5. The van der Waals surface area contributed by atoms with E-state index in [2.05, 4.69) is 0 Å². The highest BCUT2D eigenvalue weighted by Gasteiger charge is 2.08. The number of aliphatic hydroxyl groups excluding tert-OH is 1.